The summed E-state index contributed by atoms with van der Waals surface area (Å²) < 4.78 is 0. The van der Waals surface area contributed by atoms with Crippen molar-refractivity contribution < 1.29 is 0 Å². The Morgan fingerprint density at radius 2 is 1.47 bits per heavy atom. The van der Waals surface area contributed by atoms with Crippen LogP contribution < -0.4 is 0 Å². The SMILES string of the molecule is CPC(C)(C)CCCCCCCC(C)C. The fourth-order valence-electron chi connectivity index (χ4n) is 1.77. The predicted molar refractivity (Wildman–Crippen MR) is 75.5 cm³/mol. The van der Waals surface area contributed by atoms with Crippen LogP contribution >= 0.6 is 8.58 Å². The molecule has 0 bridgehead atoms. The molecule has 1 atom stereocenters. The van der Waals surface area contributed by atoms with Crippen molar-refractivity contribution in [2.45, 2.75) is 77.8 Å². The Kier molecular flexibility index (Phi) is 8.81. The highest BCUT2D eigenvalue weighted by atomic mass is 31.1. The van der Waals surface area contributed by atoms with Gasteiger partial charge in [-0.25, -0.2) is 0 Å². The zero-order valence-corrected chi connectivity index (χ0v) is 12.5. The second-order valence-electron chi connectivity index (χ2n) is 5.83. The molecule has 1 unspecified atom stereocenters. The van der Waals surface area contributed by atoms with E-state index in [1.807, 2.05) is 0 Å². The van der Waals surface area contributed by atoms with Crippen molar-refractivity contribution in [3.63, 3.8) is 0 Å². The summed E-state index contributed by atoms with van der Waals surface area (Å²) in [6.07, 6.45) is 10.1. The first kappa shape index (κ1) is 15.4. The summed E-state index contributed by atoms with van der Waals surface area (Å²) in [4.78, 5) is 0. The van der Waals surface area contributed by atoms with Gasteiger partial charge in [0.2, 0.25) is 0 Å². The summed E-state index contributed by atoms with van der Waals surface area (Å²) in [6, 6.07) is 0. The van der Waals surface area contributed by atoms with Crippen molar-refractivity contribution >= 4 is 8.58 Å². The third-order valence-corrected chi connectivity index (χ3v) is 4.86. The van der Waals surface area contributed by atoms with Crippen molar-refractivity contribution in [3.8, 4) is 0 Å². The van der Waals surface area contributed by atoms with Crippen LogP contribution in [0.4, 0.5) is 0 Å². The van der Waals surface area contributed by atoms with Crippen LogP contribution in [0.2, 0.25) is 0 Å². The summed E-state index contributed by atoms with van der Waals surface area (Å²) in [6.45, 7) is 11.8. The summed E-state index contributed by atoms with van der Waals surface area (Å²) in [5.41, 5.74) is 0. The van der Waals surface area contributed by atoms with Gasteiger partial charge >= 0.3 is 0 Å². The zero-order chi connectivity index (χ0) is 11.7. The lowest BCUT2D eigenvalue weighted by Crippen LogP contribution is -2.11. The molecule has 0 heterocycles. The van der Waals surface area contributed by atoms with Crippen LogP contribution in [-0.4, -0.2) is 11.8 Å². The normalized spacial score (nSPS) is 13.2. The molecule has 0 nitrogen and oxygen atoms in total. The molecule has 0 saturated carbocycles. The van der Waals surface area contributed by atoms with Gasteiger partial charge in [0.15, 0.2) is 0 Å². The molecule has 0 N–H and O–H groups in total. The van der Waals surface area contributed by atoms with Gasteiger partial charge in [0.05, 0.1) is 0 Å². The molecule has 15 heavy (non-hydrogen) atoms. The van der Waals surface area contributed by atoms with Gasteiger partial charge in [-0.15, -0.1) is 8.58 Å². The maximum Gasteiger partial charge on any atom is -0.0181 e. The molecule has 0 aliphatic carbocycles. The van der Waals surface area contributed by atoms with Crippen LogP contribution in [0.5, 0.6) is 0 Å². The van der Waals surface area contributed by atoms with E-state index < -0.39 is 0 Å². The molecule has 0 rings (SSSR count). The van der Waals surface area contributed by atoms with Crippen LogP contribution in [0.3, 0.4) is 0 Å². The Morgan fingerprint density at radius 1 is 0.933 bits per heavy atom. The van der Waals surface area contributed by atoms with Gasteiger partial charge in [0.1, 0.15) is 0 Å². The maximum atomic E-state index is 2.41. The molecule has 0 radical (unpaired) electrons. The molecule has 0 spiro atoms. The van der Waals surface area contributed by atoms with Gasteiger partial charge < -0.3 is 0 Å². The molecule has 0 fully saturated rings. The summed E-state index contributed by atoms with van der Waals surface area (Å²) >= 11 is 0. The summed E-state index contributed by atoms with van der Waals surface area (Å²) in [5.74, 6) is 0.894. The average Bonchev–Trinajstić information content (AvgIpc) is 2.16. The van der Waals surface area contributed by atoms with Crippen molar-refractivity contribution in [1.82, 2.24) is 0 Å². The molecule has 1 heteroatoms. The Bertz CT molecular complexity index is 138. The topological polar surface area (TPSA) is 0 Å². The standard InChI is InChI=1S/C14H31P/c1-13(2)11-9-7-6-8-10-12-14(3,4)15-5/h13,15H,6-12H2,1-5H3. The molecule has 0 aromatic heterocycles. The van der Waals surface area contributed by atoms with Crippen LogP contribution in [0, 0.1) is 5.92 Å². The Balaban J connectivity index is 3.18. The van der Waals surface area contributed by atoms with E-state index in [4.69, 9.17) is 0 Å². The smallest absolute Gasteiger partial charge is 0.0181 e. The van der Waals surface area contributed by atoms with E-state index in [9.17, 15) is 0 Å². The highest BCUT2D eigenvalue weighted by Gasteiger charge is 2.13. The fraction of sp³-hybridized carbons (Fsp3) is 1.00. The van der Waals surface area contributed by atoms with E-state index in [1.165, 1.54) is 44.9 Å². The van der Waals surface area contributed by atoms with Crippen molar-refractivity contribution in [3.05, 3.63) is 0 Å². The van der Waals surface area contributed by atoms with E-state index in [1.54, 1.807) is 0 Å². The molecule has 0 aromatic carbocycles. The van der Waals surface area contributed by atoms with Crippen LogP contribution in [-0.2, 0) is 0 Å². The Labute approximate surface area is 99.4 Å². The minimum absolute atomic E-state index is 0.609. The average molecular weight is 230 g/mol. The first-order valence-electron chi connectivity index (χ1n) is 6.67. The minimum Gasteiger partial charge on any atom is -0.119 e. The van der Waals surface area contributed by atoms with Crippen molar-refractivity contribution in [2.24, 2.45) is 5.92 Å². The molecule has 0 aliphatic heterocycles. The van der Waals surface area contributed by atoms with Crippen LogP contribution in [0.25, 0.3) is 0 Å². The molecular weight excluding hydrogens is 199 g/mol. The second-order valence-corrected chi connectivity index (χ2v) is 7.69. The van der Waals surface area contributed by atoms with E-state index >= 15 is 0 Å². The molecule has 0 saturated heterocycles. The quantitative estimate of drug-likeness (QED) is 0.364. The number of hydrogen-bond acceptors (Lipinski definition) is 0. The zero-order valence-electron chi connectivity index (χ0n) is 11.5. The third-order valence-electron chi connectivity index (χ3n) is 3.26. The number of unbranched alkanes of at least 4 members (excludes halogenated alkanes) is 4. The third kappa shape index (κ3) is 10.7. The van der Waals surface area contributed by atoms with E-state index in [-0.39, 0.29) is 0 Å². The predicted octanol–water partition coefficient (Wildman–Crippen LogP) is 5.46. The first-order valence-corrected chi connectivity index (χ1v) is 8.17. The van der Waals surface area contributed by atoms with Gasteiger partial charge in [-0.05, 0) is 24.2 Å². The van der Waals surface area contributed by atoms with E-state index in [0.29, 0.717) is 5.16 Å². The second kappa shape index (κ2) is 8.57. The number of hydrogen-bond donors (Lipinski definition) is 0. The number of rotatable bonds is 9. The molecule has 0 amide bonds. The van der Waals surface area contributed by atoms with E-state index in [0.717, 1.165) is 14.5 Å². The van der Waals surface area contributed by atoms with Gasteiger partial charge in [-0.3, -0.25) is 0 Å². The summed E-state index contributed by atoms with van der Waals surface area (Å²) in [7, 11) is 1.09. The van der Waals surface area contributed by atoms with Crippen LogP contribution in [0.1, 0.15) is 72.6 Å². The van der Waals surface area contributed by atoms with Crippen molar-refractivity contribution in [2.75, 3.05) is 6.66 Å². The lowest BCUT2D eigenvalue weighted by molar-refractivity contribution is 0.500. The highest BCUT2D eigenvalue weighted by Crippen LogP contribution is 2.32. The van der Waals surface area contributed by atoms with Gasteiger partial charge in [0.25, 0.3) is 0 Å². The minimum atomic E-state index is 0.609. The highest BCUT2D eigenvalue weighted by molar-refractivity contribution is 7.38. The molecule has 0 aromatic rings. The maximum absolute atomic E-state index is 2.41. The molecule has 92 valence electrons. The monoisotopic (exact) mass is 230 g/mol. The lowest BCUT2D eigenvalue weighted by Gasteiger charge is -2.22. The van der Waals surface area contributed by atoms with Gasteiger partial charge in [0, 0.05) is 0 Å². The van der Waals surface area contributed by atoms with Gasteiger partial charge in [-0.1, -0.05) is 66.2 Å². The summed E-state index contributed by atoms with van der Waals surface area (Å²) in [5, 5.41) is 0.609. The Morgan fingerprint density at radius 3 is 2.00 bits per heavy atom. The largest absolute Gasteiger partial charge is 0.119 e. The first-order chi connectivity index (χ1) is 6.98. The molecular formula is C14H31P. The fourth-order valence-corrected chi connectivity index (χ4v) is 2.20. The lowest BCUT2D eigenvalue weighted by atomic mass is 10.0. The molecule has 0 aliphatic rings. The van der Waals surface area contributed by atoms with Crippen LogP contribution in [0.15, 0.2) is 0 Å². The van der Waals surface area contributed by atoms with Crippen molar-refractivity contribution in [1.29, 1.82) is 0 Å². The Hall–Kier alpha value is 0.430. The van der Waals surface area contributed by atoms with E-state index in [2.05, 4.69) is 34.4 Å². The van der Waals surface area contributed by atoms with Gasteiger partial charge in [-0.2, -0.15) is 0 Å².